The van der Waals surface area contributed by atoms with Crippen LogP contribution < -0.4 is 5.32 Å². The minimum atomic E-state index is -0.0109. The lowest BCUT2D eigenvalue weighted by Gasteiger charge is -2.22. The molecular weight excluding hydrogens is 312 g/mol. The summed E-state index contributed by atoms with van der Waals surface area (Å²) in [5, 5.41) is 2.91. The lowest BCUT2D eigenvalue weighted by Crippen LogP contribution is -2.36. The van der Waals surface area contributed by atoms with Gasteiger partial charge in [-0.2, -0.15) is 0 Å². The second kappa shape index (κ2) is 8.85. The van der Waals surface area contributed by atoms with E-state index in [4.69, 9.17) is 4.42 Å². The molecule has 3 aromatic rings. The number of hydrogen-bond acceptors (Lipinski definition) is 3. The molecule has 0 fully saturated rings. The van der Waals surface area contributed by atoms with E-state index in [0.29, 0.717) is 13.1 Å². The highest BCUT2D eigenvalue weighted by atomic mass is 16.3. The Labute approximate surface area is 148 Å². The lowest BCUT2D eigenvalue weighted by molar-refractivity contribution is -0.122. The Kier molecular flexibility index (Phi) is 6.01. The summed E-state index contributed by atoms with van der Waals surface area (Å²) in [4.78, 5) is 14.5. The third kappa shape index (κ3) is 5.62. The van der Waals surface area contributed by atoms with E-state index < -0.39 is 0 Å². The van der Waals surface area contributed by atoms with Crippen molar-refractivity contribution in [2.45, 2.75) is 19.6 Å². The summed E-state index contributed by atoms with van der Waals surface area (Å²) >= 11 is 0. The molecule has 1 amide bonds. The standard InChI is InChI=1S/C21H22N2O2/c24-21(22-14-20-12-7-13-25-20)17-23(15-18-8-3-1-4-9-18)16-19-10-5-2-6-11-19/h1-13H,14-17H2,(H,22,24). The maximum Gasteiger partial charge on any atom is 0.234 e. The molecule has 1 N–H and O–H groups in total. The molecule has 4 heteroatoms. The van der Waals surface area contributed by atoms with Crippen molar-refractivity contribution >= 4 is 5.91 Å². The zero-order valence-electron chi connectivity index (χ0n) is 14.1. The van der Waals surface area contributed by atoms with Crippen LogP contribution in [-0.2, 0) is 24.4 Å². The van der Waals surface area contributed by atoms with E-state index in [0.717, 1.165) is 18.8 Å². The number of furan rings is 1. The molecule has 0 saturated heterocycles. The molecule has 1 heterocycles. The van der Waals surface area contributed by atoms with Gasteiger partial charge in [-0.05, 0) is 23.3 Å². The SMILES string of the molecule is O=C(CN(Cc1ccccc1)Cc1ccccc1)NCc1ccco1. The second-order valence-electron chi connectivity index (χ2n) is 5.97. The number of rotatable bonds is 8. The van der Waals surface area contributed by atoms with Gasteiger partial charge >= 0.3 is 0 Å². The number of hydrogen-bond donors (Lipinski definition) is 1. The van der Waals surface area contributed by atoms with Crippen LogP contribution in [0.15, 0.2) is 83.5 Å². The molecule has 1 aromatic heterocycles. The molecule has 3 rings (SSSR count). The molecule has 0 unspecified atom stereocenters. The first-order valence-electron chi connectivity index (χ1n) is 8.39. The van der Waals surface area contributed by atoms with Crippen molar-refractivity contribution in [1.29, 1.82) is 0 Å². The molecule has 0 radical (unpaired) electrons. The number of carbonyl (C=O) groups is 1. The largest absolute Gasteiger partial charge is 0.467 e. The molecule has 0 saturated carbocycles. The predicted molar refractivity (Wildman–Crippen MR) is 97.6 cm³/mol. The molecule has 25 heavy (non-hydrogen) atoms. The molecule has 0 bridgehead atoms. The van der Waals surface area contributed by atoms with E-state index in [2.05, 4.69) is 34.5 Å². The van der Waals surface area contributed by atoms with E-state index in [1.54, 1.807) is 6.26 Å². The van der Waals surface area contributed by atoms with Crippen LogP contribution in [0.5, 0.6) is 0 Å². The molecule has 0 atom stereocenters. The Balaban J connectivity index is 1.61. The molecule has 0 aliphatic carbocycles. The highest BCUT2D eigenvalue weighted by molar-refractivity contribution is 5.77. The van der Waals surface area contributed by atoms with Crippen molar-refractivity contribution in [3.05, 3.63) is 95.9 Å². The number of nitrogens with one attached hydrogen (secondary N) is 1. The Bertz CT molecular complexity index is 714. The Hall–Kier alpha value is -2.85. The normalized spacial score (nSPS) is 10.8. The second-order valence-corrected chi connectivity index (χ2v) is 5.97. The smallest absolute Gasteiger partial charge is 0.234 e. The van der Waals surface area contributed by atoms with Gasteiger partial charge in [0.2, 0.25) is 5.91 Å². The minimum Gasteiger partial charge on any atom is -0.467 e. The van der Waals surface area contributed by atoms with Crippen LogP contribution in [0, 0.1) is 0 Å². The molecule has 2 aromatic carbocycles. The zero-order chi connectivity index (χ0) is 17.3. The Morgan fingerprint density at radius 3 is 1.96 bits per heavy atom. The van der Waals surface area contributed by atoms with E-state index >= 15 is 0 Å². The van der Waals surface area contributed by atoms with Crippen molar-refractivity contribution in [2.75, 3.05) is 6.54 Å². The highest BCUT2D eigenvalue weighted by Crippen LogP contribution is 2.10. The lowest BCUT2D eigenvalue weighted by atomic mass is 10.1. The van der Waals surface area contributed by atoms with Gasteiger partial charge in [0.25, 0.3) is 0 Å². The summed E-state index contributed by atoms with van der Waals surface area (Å²) in [6.07, 6.45) is 1.61. The third-order valence-electron chi connectivity index (χ3n) is 3.91. The average molecular weight is 334 g/mol. The fourth-order valence-corrected chi connectivity index (χ4v) is 2.71. The third-order valence-corrected chi connectivity index (χ3v) is 3.91. The fourth-order valence-electron chi connectivity index (χ4n) is 2.71. The van der Waals surface area contributed by atoms with Gasteiger partial charge < -0.3 is 9.73 Å². The van der Waals surface area contributed by atoms with Gasteiger partial charge in [-0.15, -0.1) is 0 Å². The predicted octanol–water partition coefficient (Wildman–Crippen LogP) is 3.60. The summed E-state index contributed by atoms with van der Waals surface area (Å²) in [5.74, 6) is 0.745. The van der Waals surface area contributed by atoms with E-state index in [9.17, 15) is 4.79 Å². The highest BCUT2D eigenvalue weighted by Gasteiger charge is 2.12. The van der Waals surface area contributed by atoms with Crippen LogP contribution in [0.4, 0.5) is 0 Å². The van der Waals surface area contributed by atoms with Crippen LogP contribution in [0.3, 0.4) is 0 Å². The van der Waals surface area contributed by atoms with Gasteiger partial charge in [0.15, 0.2) is 0 Å². The van der Waals surface area contributed by atoms with Crippen LogP contribution >= 0.6 is 0 Å². The average Bonchev–Trinajstić information content (AvgIpc) is 3.15. The Morgan fingerprint density at radius 1 is 0.840 bits per heavy atom. The minimum absolute atomic E-state index is 0.0109. The van der Waals surface area contributed by atoms with Crippen LogP contribution in [0.1, 0.15) is 16.9 Å². The van der Waals surface area contributed by atoms with Gasteiger partial charge in [-0.25, -0.2) is 0 Å². The Morgan fingerprint density at radius 2 is 1.44 bits per heavy atom. The van der Waals surface area contributed by atoms with Crippen LogP contribution in [0.25, 0.3) is 0 Å². The van der Waals surface area contributed by atoms with Gasteiger partial charge in [0.1, 0.15) is 5.76 Å². The number of nitrogens with zero attached hydrogens (tertiary/aromatic N) is 1. The summed E-state index contributed by atoms with van der Waals surface area (Å²) in [7, 11) is 0. The first-order chi connectivity index (χ1) is 12.3. The molecule has 4 nitrogen and oxygen atoms in total. The van der Waals surface area contributed by atoms with Gasteiger partial charge in [0.05, 0.1) is 19.4 Å². The van der Waals surface area contributed by atoms with Crippen molar-refractivity contribution in [1.82, 2.24) is 10.2 Å². The maximum absolute atomic E-state index is 12.3. The molecule has 0 aliphatic heterocycles. The zero-order valence-corrected chi connectivity index (χ0v) is 14.1. The van der Waals surface area contributed by atoms with Gasteiger partial charge in [-0.3, -0.25) is 9.69 Å². The van der Waals surface area contributed by atoms with Crippen molar-refractivity contribution in [3.63, 3.8) is 0 Å². The molecular formula is C21H22N2O2. The van der Waals surface area contributed by atoms with Crippen molar-refractivity contribution in [3.8, 4) is 0 Å². The first kappa shape index (κ1) is 17.0. The number of benzene rings is 2. The summed E-state index contributed by atoms with van der Waals surface area (Å²) < 4.78 is 5.25. The number of carbonyl (C=O) groups excluding carboxylic acids is 1. The molecule has 128 valence electrons. The van der Waals surface area contributed by atoms with Gasteiger partial charge in [-0.1, -0.05) is 60.7 Å². The molecule has 0 spiro atoms. The number of amides is 1. The van der Waals surface area contributed by atoms with Crippen molar-refractivity contribution in [2.24, 2.45) is 0 Å². The van der Waals surface area contributed by atoms with Crippen LogP contribution in [0.2, 0.25) is 0 Å². The van der Waals surface area contributed by atoms with Crippen LogP contribution in [-0.4, -0.2) is 17.4 Å². The van der Waals surface area contributed by atoms with E-state index in [-0.39, 0.29) is 5.91 Å². The van der Waals surface area contributed by atoms with E-state index in [1.807, 2.05) is 48.5 Å². The monoisotopic (exact) mass is 334 g/mol. The quantitative estimate of drug-likeness (QED) is 0.685. The van der Waals surface area contributed by atoms with Gasteiger partial charge in [0, 0.05) is 13.1 Å². The summed E-state index contributed by atoms with van der Waals surface area (Å²) in [6, 6.07) is 24.1. The van der Waals surface area contributed by atoms with Crippen molar-refractivity contribution < 1.29 is 9.21 Å². The summed E-state index contributed by atoms with van der Waals surface area (Å²) in [5.41, 5.74) is 2.38. The first-order valence-corrected chi connectivity index (χ1v) is 8.39. The molecule has 0 aliphatic rings. The fraction of sp³-hybridized carbons (Fsp3) is 0.190. The topological polar surface area (TPSA) is 45.5 Å². The maximum atomic E-state index is 12.3. The summed E-state index contributed by atoms with van der Waals surface area (Å²) in [6.45, 7) is 2.20. The van der Waals surface area contributed by atoms with E-state index in [1.165, 1.54) is 11.1 Å².